The predicted octanol–water partition coefficient (Wildman–Crippen LogP) is 3.71. The van der Waals surface area contributed by atoms with Crippen LogP contribution in [0.1, 0.15) is 49.0 Å². The van der Waals surface area contributed by atoms with Crippen molar-refractivity contribution in [3.63, 3.8) is 0 Å². The maximum absolute atomic E-state index is 11.4. The topological polar surface area (TPSA) is 40.5 Å². The molecule has 104 valence electrons. The first-order valence-corrected chi connectivity index (χ1v) is 7.10. The summed E-state index contributed by atoms with van der Waals surface area (Å²) >= 11 is 0. The van der Waals surface area contributed by atoms with Gasteiger partial charge in [0.2, 0.25) is 0 Å². The number of rotatable bonds is 4. The summed E-state index contributed by atoms with van der Waals surface area (Å²) in [5.74, 6) is -0.833. The number of hydrogen-bond donors (Lipinski definition) is 1. The van der Waals surface area contributed by atoms with Crippen molar-refractivity contribution in [1.82, 2.24) is 0 Å². The lowest BCUT2D eigenvalue weighted by Gasteiger charge is -2.28. The van der Waals surface area contributed by atoms with E-state index in [-0.39, 0.29) is 0 Å². The molecule has 3 nitrogen and oxygen atoms in total. The Morgan fingerprint density at radius 3 is 2.58 bits per heavy atom. The number of carboxylic acid groups (broad SMARTS) is 1. The van der Waals surface area contributed by atoms with E-state index >= 15 is 0 Å². The highest BCUT2D eigenvalue weighted by molar-refractivity contribution is 5.94. The zero-order valence-electron chi connectivity index (χ0n) is 12.1. The SMILES string of the molecule is CCC1(CC)CCN(c2cc(C)ccc2C(=O)O)C1. The van der Waals surface area contributed by atoms with Crippen LogP contribution in [0.15, 0.2) is 18.2 Å². The van der Waals surface area contributed by atoms with Crippen LogP contribution in [-0.2, 0) is 0 Å². The Morgan fingerprint density at radius 2 is 2.05 bits per heavy atom. The third-order valence-corrected chi connectivity index (χ3v) is 4.66. The van der Waals surface area contributed by atoms with Crippen molar-refractivity contribution in [1.29, 1.82) is 0 Å². The van der Waals surface area contributed by atoms with Crippen molar-refractivity contribution in [2.24, 2.45) is 5.41 Å². The summed E-state index contributed by atoms with van der Waals surface area (Å²) in [7, 11) is 0. The second-order valence-corrected chi connectivity index (χ2v) is 5.70. The fourth-order valence-electron chi connectivity index (χ4n) is 3.05. The van der Waals surface area contributed by atoms with E-state index in [9.17, 15) is 9.90 Å². The summed E-state index contributed by atoms with van der Waals surface area (Å²) in [6.45, 7) is 8.43. The molecule has 1 aromatic rings. The molecule has 1 aliphatic rings. The van der Waals surface area contributed by atoms with E-state index in [1.165, 1.54) is 0 Å². The van der Waals surface area contributed by atoms with Gasteiger partial charge < -0.3 is 10.0 Å². The Labute approximate surface area is 115 Å². The lowest BCUT2D eigenvalue weighted by atomic mass is 9.82. The number of carboxylic acids is 1. The number of carbonyl (C=O) groups is 1. The molecule has 0 saturated carbocycles. The molecule has 1 N–H and O–H groups in total. The van der Waals surface area contributed by atoms with E-state index in [0.717, 1.165) is 43.6 Å². The fourth-order valence-corrected chi connectivity index (χ4v) is 3.05. The van der Waals surface area contributed by atoms with E-state index in [4.69, 9.17) is 0 Å². The van der Waals surface area contributed by atoms with Gasteiger partial charge in [-0.25, -0.2) is 4.79 Å². The van der Waals surface area contributed by atoms with Gasteiger partial charge in [-0.05, 0) is 49.3 Å². The lowest BCUT2D eigenvalue weighted by molar-refractivity contribution is 0.0697. The lowest BCUT2D eigenvalue weighted by Crippen LogP contribution is -2.27. The highest BCUT2D eigenvalue weighted by Gasteiger charge is 2.36. The summed E-state index contributed by atoms with van der Waals surface area (Å²) in [6, 6.07) is 5.60. The Kier molecular flexibility index (Phi) is 3.83. The minimum Gasteiger partial charge on any atom is -0.478 e. The van der Waals surface area contributed by atoms with Crippen LogP contribution in [0.3, 0.4) is 0 Å². The third kappa shape index (κ3) is 2.60. The average Bonchev–Trinajstić information content (AvgIpc) is 2.83. The van der Waals surface area contributed by atoms with Crippen molar-refractivity contribution in [3.8, 4) is 0 Å². The molecular formula is C16H23NO2. The molecule has 1 fully saturated rings. The van der Waals surface area contributed by atoms with Gasteiger partial charge in [0.15, 0.2) is 0 Å². The molecule has 0 spiro atoms. The van der Waals surface area contributed by atoms with Gasteiger partial charge in [-0.1, -0.05) is 19.9 Å². The van der Waals surface area contributed by atoms with Crippen LogP contribution in [0.2, 0.25) is 0 Å². The first-order chi connectivity index (χ1) is 9.01. The summed E-state index contributed by atoms with van der Waals surface area (Å²) in [6.07, 6.45) is 3.48. The van der Waals surface area contributed by atoms with Crippen LogP contribution in [0, 0.1) is 12.3 Å². The van der Waals surface area contributed by atoms with E-state index in [0.29, 0.717) is 11.0 Å². The number of nitrogens with zero attached hydrogens (tertiary/aromatic N) is 1. The van der Waals surface area contributed by atoms with Gasteiger partial charge in [-0.3, -0.25) is 0 Å². The molecular weight excluding hydrogens is 238 g/mol. The highest BCUT2D eigenvalue weighted by Crippen LogP contribution is 2.40. The molecule has 2 rings (SSSR count). The Bertz CT molecular complexity index is 478. The van der Waals surface area contributed by atoms with E-state index < -0.39 is 5.97 Å². The van der Waals surface area contributed by atoms with Gasteiger partial charge in [0.1, 0.15) is 0 Å². The van der Waals surface area contributed by atoms with Gasteiger partial charge in [0.25, 0.3) is 0 Å². The van der Waals surface area contributed by atoms with Gasteiger partial charge in [-0.2, -0.15) is 0 Å². The molecule has 0 atom stereocenters. The van der Waals surface area contributed by atoms with E-state index in [1.54, 1.807) is 6.07 Å². The number of benzene rings is 1. The molecule has 19 heavy (non-hydrogen) atoms. The zero-order valence-corrected chi connectivity index (χ0v) is 12.1. The van der Waals surface area contributed by atoms with Crippen LogP contribution in [0.4, 0.5) is 5.69 Å². The summed E-state index contributed by atoms with van der Waals surface area (Å²) in [4.78, 5) is 13.6. The monoisotopic (exact) mass is 261 g/mol. The van der Waals surface area contributed by atoms with Crippen molar-refractivity contribution in [2.45, 2.75) is 40.0 Å². The van der Waals surface area contributed by atoms with Crippen molar-refractivity contribution < 1.29 is 9.90 Å². The number of aryl methyl sites for hydroxylation is 1. The number of anilines is 1. The van der Waals surface area contributed by atoms with Crippen LogP contribution in [-0.4, -0.2) is 24.2 Å². The first-order valence-electron chi connectivity index (χ1n) is 7.10. The molecule has 1 heterocycles. The minimum absolute atomic E-state index is 0.361. The molecule has 0 amide bonds. The molecule has 0 radical (unpaired) electrons. The summed E-state index contributed by atoms with van der Waals surface area (Å²) in [5.41, 5.74) is 2.79. The van der Waals surface area contributed by atoms with Gasteiger partial charge in [-0.15, -0.1) is 0 Å². The number of aromatic carboxylic acids is 1. The molecule has 0 aromatic heterocycles. The summed E-state index contributed by atoms with van der Waals surface area (Å²) in [5, 5.41) is 9.33. The molecule has 1 aliphatic heterocycles. The third-order valence-electron chi connectivity index (χ3n) is 4.66. The predicted molar refractivity (Wildman–Crippen MR) is 78.0 cm³/mol. The maximum Gasteiger partial charge on any atom is 0.337 e. The van der Waals surface area contributed by atoms with Gasteiger partial charge in [0, 0.05) is 13.1 Å². The maximum atomic E-state index is 11.4. The Hall–Kier alpha value is -1.51. The average molecular weight is 261 g/mol. The first kappa shape index (κ1) is 13.9. The second-order valence-electron chi connectivity index (χ2n) is 5.70. The molecule has 0 unspecified atom stereocenters. The van der Waals surface area contributed by atoms with E-state index in [2.05, 4.69) is 18.7 Å². The van der Waals surface area contributed by atoms with E-state index in [1.807, 2.05) is 19.1 Å². The largest absolute Gasteiger partial charge is 0.478 e. The Balaban J connectivity index is 2.33. The minimum atomic E-state index is -0.833. The van der Waals surface area contributed by atoms with Crippen molar-refractivity contribution in [3.05, 3.63) is 29.3 Å². The highest BCUT2D eigenvalue weighted by atomic mass is 16.4. The fraction of sp³-hybridized carbons (Fsp3) is 0.562. The van der Waals surface area contributed by atoms with Gasteiger partial charge in [0.05, 0.1) is 11.3 Å². The molecule has 1 aromatic carbocycles. The quantitative estimate of drug-likeness (QED) is 0.898. The molecule has 0 aliphatic carbocycles. The van der Waals surface area contributed by atoms with Crippen LogP contribution in [0.5, 0.6) is 0 Å². The van der Waals surface area contributed by atoms with Crippen molar-refractivity contribution >= 4 is 11.7 Å². The second kappa shape index (κ2) is 5.24. The van der Waals surface area contributed by atoms with Crippen LogP contribution < -0.4 is 4.90 Å². The molecule has 1 saturated heterocycles. The summed E-state index contributed by atoms with van der Waals surface area (Å²) < 4.78 is 0. The van der Waals surface area contributed by atoms with Crippen LogP contribution in [0.25, 0.3) is 0 Å². The zero-order chi connectivity index (χ0) is 14.0. The van der Waals surface area contributed by atoms with Crippen LogP contribution >= 0.6 is 0 Å². The van der Waals surface area contributed by atoms with Crippen molar-refractivity contribution in [2.75, 3.05) is 18.0 Å². The standard InChI is InChI=1S/C16H23NO2/c1-4-16(5-2)8-9-17(11-16)14-10-12(3)6-7-13(14)15(18)19/h6-7,10H,4-5,8-9,11H2,1-3H3,(H,18,19). The normalized spacial score (nSPS) is 17.7. The van der Waals surface area contributed by atoms with Gasteiger partial charge >= 0.3 is 5.97 Å². The molecule has 3 heteroatoms. The number of hydrogen-bond acceptors (Lipinski definition) is 2. The Morgan fingerprint density at radius 1 is 1.37 bits per heavy atom. The molecule has 0 bridgehead atoms. The smallest absolute Gasteiger partial charge is 0.337 e.